The van der Waals surface area contributed by atoms with E-state index in [0.29, 0.717) is 0 Å². The molecule has 0 aliphatic rings. The van der Waals surface area contributed by atoms with Crippen molar-refractivity contribution < 1.29 is 9.90 Å². The highest BCUT2D eigenvalue weighted by atomic mass is 16.4. The first-order valence-corrected chi connectivity index (χ1v) is 3.59. The summed E-state index contributed by atoms with van der Waals surface area (Å²) in [5.74, 6) is -1.17. The lowest BCUT2D eigenvalue weighted by Gasteiger charge is -2.03. The Morgan fingerprint density at radius 1 is 1.62 bits per heavy atom. The van der Waals surface area contributed by atoms with Crippen LogP contribution in [0.3, 0.4) is 0 Å². The maximum absolute atomic E-state index is 10.7. The Morgan fingerprint density at radius 2 is 2.23 bits per heavy atom. The third-order valence-corrected chi connectivity index (χ3v) is 1.65. The molecule has 1 aromatic carbocycles. The zero-order chi connectivity index (χ0) is 10.0. The van der Waals surface area contributed by atoms with Crippen LogP contribution in [-0.4, -0.2) is 11.1 Å². The quantitative estimate of drug-likeness (QED) is 0.628. The molecule has 1 aromatic rings. The topological polar surface area (TPSA) is 87.1 Å². The van der Waals surface area contributed by atoms with E-state index < -0.39 is 5.97 Å². The third kappa shape index (κ3) is 1.59. The molecule has 13 heavy (non-hydrogen) atoms. The van der Waals surface area contributed by atoms with E-state index in [2.05, 4.69) is 0 Å². The van der Waals surface area contributed by atoms with Crippen LogP contribution in [0.15, 0.2) is 12.1 Å². The van der Waals surface area contributed by atoms with Gasteiger partial charge in [-0.05, 0) is 24.6 Å². The molecule has 0 bridgehead atoms. The monoisotopic (exact) mass is 176 g/mol. The largest absolute Gasteiger partial charge is 0.478 e. The first kappa shape index (κ1) is 9.07. The van der Waals surface area contributed by atoms with Crippen LogP contribution in [0.4, 0.5) is 5.69 Å². The number of anilines is 1. The highest BCUT2D eigenvalue weighted by Crippen LogP contribution is 2.18. The summed E-state index contributed by atoms with van der Waals surface area (Å²) in [6, 6.07) is 4.83. The number of benzene rings is 1. The number of nitriles is 1. The molecule has 3 N–H and O–H groups in total. The van der Waals surface area contributed by atoms with Crippen molar-refractivity contribution in [2.75, 3.05) is 5.73 Å². The number of hydrogen-bond donors (Lipinski definition) is 2. The summed E-state index contributed by atoms with van der Waals surface area (Å²) >= 11 is 0. The molecule has 0 unspecified atom stereocenters. The Morgan fingerprint density at radius 3 is 2.69 bits per heavy atom. The Bertz CT molecular complexity index is 405. The van der Waals surface area contributed by atoms with E-state index in [9.17, 15) is 4.79 Å². The molecule has 0 fully saturated rings. The minimum atomic E-state index is -1.17. The van der Waals surface area contributed by atoms with E-state index in [1.165, 1.54) is 12.1 Å². The number of nitrogen functional groups attached to an aromatic ring is 1. The molecule has 1 rings (SSSR count). The molecule has 0 radical (unpaired) electrons. The van der Waals surface area contributed by atoms with E-state index in [1.54, 1.807) is 13.0 Å². The molecule has 0 spiro atoms. The zero-order valence-corrected chi connectivity index (χ0v) is 7.03. The molecule has 4 nitrogen and oxygen atoms in total. The molecule has 4 heteroatoms. The molecular weight excluding hydrogens is 168 g/mol. The van der Waals surface area contributed by atoms with E-state index in [4.69, 9.17) is 16.1 Å². The highest BCUT2D eigenvalue weighted by molar-refractivity contribution is 5.96. The Balaban J connectivity index is 3.50. The molecule has 66 valence electrons. The Kier molecular flexibility index (Phi) is 2.20. The van der Waals surface area contributed by atoms with Crippen LogP contribution in [0.2, 0.25) is 0 Å². The highest BCUT2D eigenvalue weighted by Gasteiger charge is 2.13. The number of rotatable bonds is 1. The molecule has 0 heterocycles. The number of carboxylic acid groups (broad SMARTS) is 1. The van der Waals surface area contributed by atoms with Gasteiger partial charge in [-0.15, -0.1) is 0 Å². The van der Waals surface area contributed by atoms with Crippen LogP contribution < -0.4 is 5.73 Å². The second-order valence-electron chi connectivity index (χ2n) is 2.69. The summed E-state index contributed by atoms with van der Waals surface area (Å²) in [4.78, 5) is 10.7. The third-order valence-electron chi connectivity index (χ3n) is 1.65. The first-order chi connectivity index (χ1) is 6.06. The minimum absolute atomic E-state index is 0.102. The predicted octanol–water partition coefficient (Wildman–Crippen LogP) is 1.15. The molecule has 0 aromatic heterocycles. The minimum Gasteiger partial charge on any atom is -0.478 e. The van der Waals surface area contributed by atoms with Crippen LogP contribution in [0, 0.1) is 18.3 Å². The summed E-state index contributed by atoms with van der Waals surface area (Å²) in [6.45, 7) is 1.75. The number of nitrogens with two attached hydrogens (primary N) is 1. The number of aromatic carboxylic acids is 1. The molecule has 0 saturated heterocycles. The van der Waals surface area contributed by atoms with E-state index in [1.807, 2.05) is 0 Å². The van der Waals surface area contributed by atoms with Gasteiger partial charge in [-0.2, -0.15) is 5.26 Å². The van der Waals surface area contributed by atoms with Crippen molar-refractivity contribution in [3.8, 4) is 6.07 Å². The van der Waals surface area contributed by atoms with Gasteiger partial charge in [-0.3, -0.25) is 0 Å². The van der Waals surface area contributed by atoms with Gasteiger partial charge in [0.05, 0.1) is 5.56 Å². The summed E-state index contributed by atoms with van der Waals surface area (Å²) in [7, 11) is 0. The van der Waals surface area contributed by atoms with Gasteiger partial charge in [0.2, 0.25) is 0 Å². The van der Waals surface area contributed by atoms with Crippen molar-refractivity contribution in [1.82, 2.24) is 0 Å². The molecule has 0 saturated carbocycles. The van der Waals surface area contributed by atoms with Crippen molar-refractivity contribution in [1.29, 1.82) is 5.26 Å². The van der Waals surface area contributed by atoms with E-state index in [0.717, 1.165) is 5.56 Å². The number of hydrogen-bond acceptors (Lipinski definition) is 3. The van der Waals surface area contributed by atoms with Gasteiger partial charge in [-0.1, -0.05) is 0 Å². The van der Waals surface area contributed by atoms with Crippen molar-refractivity contribution in [3.05, 3.63) is 28.8 Å². The van der Waals surface area contributed by atoms with E-state index >= 15 is 0 Å². The van der Waals surface area contributed by atoms with Gasteiger partial charge in [-0.25, -0.2) is 4.79 Å². The van der Waals surface area contributed by atoms with Crippen molar-refractivity contribution in [3.63, 3.8) is 0 Å². The lowest BCUT2D eigenvalue weighted by molar-refractivity contribution is 0.0697. The molecule has 0 aliphatic heterocycles. The fourth-order valence-corrected chi connectivity index (χ4v) is 1.14. The summed E-state index contributed by atoms with van der Waals surface area (Å²) in [5.41, 5.74) is 6.36. The standard InChI is InChI=1S/C9H8N2O2/c1-5-2-6(4-10)8(9(12)13)7(11)3-5/h2-3H,11H2,1H3,(H,12,13). The second kappa shape index (κ2) is 3.15. The van der Waals surface area contributed by atoms with Gasteiger partial charge in [0.15, 0.2) is 0 Å². The molecule has 0 atom stereocenters. The van der Waals surface area contributed by atoms with Gasteiger partial charge in [0, 0.05) is 5.69 Å². The number of carboxylic acids is 1. The SMILES string of the molecule is Cc1cc(N)c(C(=O)O)c(C#N)c1. The fourth-order valence-electron chi connectivity index (χ4n) is 1.14. The Hall–Kier alpha value is -2.02. The van der Waals surface area contributed by atoms with Crippen LogP contribution in [0.1, 0.15) is 21.5 Å². The average molecular weight is 176 g/mol. The number of nitrogens with zero attached hydrogens (tertiary/aromatic N) is 1. The van der Waals surface area contributed by atoms with E-state index in [-0.39, 0.29) is 16.8 Å². The molecule has 0 amide bonds. The van der Waals surface area contributed by atoms with Gasteiger partial charge >= 0.3 is 5.97 Å². The second-order valence-corrected chi connectivity index (χ2v) is 2.69. The molecule has 0 aliphatic carbocycles. The van der Waals surface area contributed by atoms with Crippen molar-refractivity contribution >= 4 is 11.7 Å². The van der Waals surface area contributed by atoms with Crippen LogP contribution >= 0.6 is 0 Å². The maximum Gasteiger partial charge on any atom is 0.339 e. The predicted molar refractivity (Wildman–Crippen MR) is 47.3 cm³/mol. The van der Waals surface area contributed by atoms with Gasteiger partial charge in [0.1, 0.15) is 11.6 Å². The smallest absolute Gasteiger partial charge is 0.339 e. The van der Waals surface area contributed by atoms with Crippen LogP contribution in [-0.2, 0) is 0 Å². The first-order valence-electron chi connectivity index (χ1n) is 3.59. The zero-order valence-electron chi connectivity index (χ0n) is 7.03. The summed E-state index contributed by atoms with van der Waals surface area (Å²) < 4.78 is 0. The lowest BCUT2D eigenvalue weighted by atomic mass is 10.0. The number of aryl methyl sites for hydroxylation is 1. The van der Waals surface area contributed by atoms with Crippen LogP contribution in [0.25, 0.3) is 0 Å². The van der Waals surface area contributed by atoms with Gasteiger partial charge in [0.25, 0.3) is 0 Å². The molecular formula is C9H8N2O2. The van der Waals surface area contributed by atoms with Crippen LogP contribution in [0.5, 0.6) is 0 Å². The van der Waals surface area contributed by atoms with Gasteiger partial charge < -0.3 is 10.8 Å². The van der Waals surface area contributed by atoms with Crippen molar-refractivity contribution in [2.24, 2.45) is 0 Å². The lowest BCUT2D eigenvalue weighted by Crippen LogP contribution is -2.05. The van der Waals surface area contributed by atoms with Crippen molar-refractivity contribution in [2.45, 2.75) is 6.92 Å². The number of carbonyl (C=O) groups is 1. The average Bonchev–Trinajstić information content (AvgIpc) is 2.01. The summed E-state index contributed by atoms with van der Waals surface area (Å²) in [5, 5.41) is 17.4. The normalized spacial score (nSPS) is 9.23. The fraction of sp³-hybridized carbons (Fsp3) is 0.111. The summed E-state index contributed by atoms with van der Waals surface area (Å²) in [6.07, 6.45) is 0. The maximum atomic E-state index is 10.7. The Labute approximate surface area is 75.2 Å².